The molecule has 0 aliphatic carbocycles. The van der Waals surface area contributed by atoms with Gasteiger partial charge < -0.3 is 24.3 Å². The van der Waals surface area contributed by atoms with Gasteiger partial charge in [0.1, 0.15) is 16.7 Å². The lowest BCUT2D eigenvalue weighted by molar-refractivity contribution is -0.138. The molecule has 176 valence electrons. The summed E-state index contributed by atoms with van der Waals surface area (Å²) in [6.07, 6.45) is -0.653. The second-order valence-electron chi connectivity index (χ2n) is 7.00. The molecule has 1 atom stereocenters. The number of nitrogens with zero attached hydrogens (tertiary/aromatic N) is 2. The lowest BCUT2D eigenvalue weighted by atomic mass is 10.2. The normalized spacial score (nSPS) is 17.0. The van der Waals surface area contributed by atoms with Gasteiger partial charge in [0.25, 0.3) is 0 Å². The Hall–Kier alpha value is -3.08. The number of carbonyl (C=O) groups is 2. The van der Waals surface area contributed by atoms with Gasteiger partial charge in [0.05, 0.1) is 32.1 Å². The number of hydrogen-bond donors (Lipinski definition) is 1. The van der Waals surface area contributed by atoms with Crippen molar-refractivity contribution in [3.63, 3.8) is 0 Å². The first-order valence-electron chi connectivity index (χ1n) is 10.2. The third-order valence-corrected chi connectivity index (χ3v) is 6.09. The number of amides is 2. The Labute approximate surface area is 197 Å². The molecule has 2 aromatic carbocycles. The minimum absolute atomic E-state index is 0.0341. The molecule has 9 nitrogen and oxygen atoms in total. The number of thioether (sulfide) groups is 1. The van der Waals surface area contributed by atoms with Crippen LogP contribution in [0.4, 0.5) is 11.4 Å². The number of carbonyl (C=O) groups excluding carboxylic acids is 2. The molecule has 2 amide bonds. The SMILES string of the molecule is COc1ccc(NC(=O)C[C@H]2SC(=Nc3ccccc3)N(CC(OC)OC)C2=O)c(OC)c1. The van der Waals surface area contributed by atoms with Gasteiger partial charge in [0.2, 0.25) is 11.8 Å². The van der Waals surface area contributed by atoms with Crippen molar-refractivity contribution in [3.05, 3.63) is 48.5 Å². The van der Waals surface area contributed by atoms with E-state index in [2.05, 4.69) is 10.3 Å². The molecule has 3 rings (SSSR count). The lowest BCUT2D eigenvalue weighted by Crippen LogP contribution is -2.40. The fourth-order valence-corrected chi connectivity index (χ4v) is 4.34. The summed E-state index contributed by atoms with van der Waals surface area (Å²) < 4.78 is 21.0. The number of aliphatic imine (C=N–C) groups is 1. The standard InChI is InChI=1S/C23H27N3O6S/c1-29-16-10-11-17(18(12-16)30-2)25-20(27)13-19-22(28)26(14-21(31-3)32-4)23(33-19)24-15-8-6-5-7-9-15/h5-12,19,21H,13-14H2,1-4H3,(H,25,27)/t19-/m1/s1. The van der Waals surface area contributed by atoms with Gasteiger partial charge in [-0.3, -0.25) is 14.5 Å². The van der Waals surface area contributed by atoms with Crippen molar-refractivity contribution in [1.82, 2.24) is 4.90 Å². The highest BCUT2D eigenvalue weighted by Crippen LogP contribution is 2.33. The molecule has 1 saturated heterocycles. The topological polar surface area (TPSA) is 98.7 Å². The molecule has 2 aromatic rings. The van der Waals surface area contributed by atoms with Crippen LogP contribution >= 0.6 is 11.8 Å². The van der Waals surface area contributed by atoms with Crippen LogP contribution < -0.4 is 14.8 Å². The first-order chi connectivity index (χ1) is 16.0. The Kier molecular flexibility index (Phi) is 8.70. The molecule has 0 radical (unpaired) electrons. The molecule has 0 spiro atoms. The second-order valence-corrected chi connectivity index (χ2v) is 8.17. The highest BCUT2D eigenvalue weighted by molar-refractivity contribution is 8.15. The van der Waals surface area contributed by atoms with Crippen molar-refractivity contribution in [2.75, 3.05) is 40.3 Å². The van der Waals surface area contributed by atoms with Gasteiger partial charge in [0, 0.05) is 26.7 Å². The Balaban J connectivity index is 1.76. The summed E-state index contributed by atoms with van der Waals surface area (Å²) in [5.74, 6) is 0.518. The van der Waals surface area contributed by atoms with E-state index in [9.17, 15) is 9.59 Å². The Bertz CT molecular complexity index is 997. The Morgan fingerprint density at radius 1 is 1.09 bits per heavy atom. The van der Waals surface area contributed by atoms with Gasteiger partial charge in [-0.25, -0.2) is 4.99 Å². The Morgan fingerprint density at radius 2 is 1.82 bits per heavy atom. The van der Waals surface area contributed by atoms with Gasteiger partial charge in [-0.1, -0.05) is 30.0 Å². The van der Waals surface area contributed by atoms with Crippen LogP contribution in [0.3, 0.4) is 0 Å². The van der Waals surface area contributed by atoms with E-state index in [0.717, 1.165) is 0 Å². The maximum atomic E-state index is 13.2. The predicted octanol–water partition coefficient (Wildman–Crippen LogP) is 3.28. The molecule has 1 heterocycles. The van der Waals surface area contributed by atoms with Crippen molar-refractivity contribution < 1.29 is 28.5 Å². The van der Waals surface area contributed by atoms with Crippen LogP contribution in [0.25, 0.3) is 0 Å². The van der Waals surface area contributed by atoms with Gasteiger partial charge in [-0.15, -0.1) is 0 Å². The van der Waals surface area contributed by atoms with Crippen LogP contribution in [0.15, 0.2) is 53.5 Å². The van der Waals surface area contributed by atoms with E-state index in [1.807, 2.05) is 30.3 Å². The van der Waals surface area contributed by atoms with Crippen molar-refractivity contribution in [2.45, 2.75) is 18.0 Å². The number of para-hydroxylation sites is 1. The molecule has 1 aliphatic rings. The fraction of sp³-hybridized carbons (Fsp3) is 0.348. The van der Waals surface area contributed by atoms with Crippen LogP contribution in [0.2, 0.25) is 0 Å². The summed E-state index contributed by atoms with van der Waals surface area (Å²) in [6.45, 7) is 0.162. The first kappa shape index (κ1) is 24.6. The molecule has 0 saturated carbocycles. The van der Waals surface area contributed by atoms with Crippen LogP contribution in [0, 0.1) is 0 Å². The molecular formula is C23H27N3O6S. The van der Waals surface area contributed by atoms with Gasteiger partial charge in [-0.05, 0) is 24.3 Å². The van der Waals surface area contributed by atoms with Crippen molar-refractivity contribution in [1.29, 1.82) is 0 Å². The highest BCUT2D eigenvalue weighted by atomic mass is 32.2. The zero-order valence-corrected chi connectivity index (χ0v) is 19.8. The molecule has 10 heteroatoms. The Morgan fingerprint density at radius 3 is 2.45 bits per heavy atom. The zero-order valence-electron chi connectivity index (χ0n) is 18.9. The monoisotopic (exact) mass is 473 g/mol. The number of benzene rings is 2. The number of methoxy groups -OCH3 is 4. The quantitative estimate of drug-likeness (QED) is 0.529. The summed E-state index contributed by atoms with van der Waals surface area (Å²) in [7, 11) is 6.06. The minimum atomic E-state index is -0.633. The van der Waals surface area contributed by atoms with E-state index in [4.69, 9.17) is 18.9 Å². The average Bonchev–Trinajstić information content (AvgIpc) is 3.11. The number of anilines is 1. The van der Waals surface area contributed by atoms with Crippen molar-refractivity contribution >= 4 is 40.1 Å². The molecular weight excluding hydrogens is 446 g/mol. The van der Waals surface area contributed by atoms with E-state index in [0.29, 0.717) is 28.0 Å². The summed E-state index contributed by atoms with van der Waals surface area (Å²) in [5, 5.41) is 2.67. The first-order valence-corrected chi connectivity index (χ1v) is 11.1. The maximum Gasteiger partial charge on any atom is 0.242 e. The van der Waals surface area contributed by atoms with E-state index >= 15 is 0 Å². The number of hydrogen-bond acceptors (Lipinski definition) is 8. The van der Waals surface area contributed by atoms with Crippen molar-refractivity contribution in [2.24, 2.45) is 4.99 Å². The highest BCUT2D eigenvalue weighted by Gasteiger charge is 2.40. The third kappa shape index (κ3) is 6.25. The third-order valence-electron chi connectivity index (χ3n) is 4.91. The lowest BCUT2D eigenvalue weighted by Gasteiger charge is -2.21. The van der Waals surface area contributed by atoms with Crippen LogP contribution in [-0.4, -0.2) is 68.4 Å². The van der Waals surface area contributed by atoms with E-state index in [1.165, 1.54) is 38.0 Å². The summed E-state index contributed by atoms with van der Waals surface area (Å²) in [5.41, 5.74) is 1.20. The van der Waals surface area contributed by atoms with Crippen LogP contribution in [-0.2, 0) is 19.1 Å². The fourth-order valence-electron chi connectivity index (χ4n) is 3.17. The molecule has 1 fully saturated rings. The molecule has 1 N–H and O–H groups in total. The second kappa shape index (κ2) is 11.7. The van der Waals surface area contributed by atoms with E-state index < -0.39 is 11.5 Å². The van der Waals surface area contributed by atoms with Crippen LogP contribution in [0.1, 0.15) is 6.42 Å². The smallest absolute Gasteiger partial charge is 0.242 e. The maximum absolute atomic E-state index is 13.2. The largest absolute Gasteiger partial charge is 0.497 e. The molecule has 33 heavy (non-hydrogen) atoms. The van der Waals surface area contributed by atoms with E-state index in [-0.39, 0.29) is 24.8 Å². The number of amidine groups is 1. The number of nitrogens with one attached hydrogen (secondary N) is 1. The summed E-state index contributed by atoms with van der Waals surface area (Å²) >= 11 is 1.24. The average molecular weight is 474 g/mol. The summed E-state index contributed by atoms with van der Waals surface area (Å²) in [4.78, 5) is 32.0. The van der Waals surface area contributed by atoms with Gasteiger partial charge >= 0.3 is 0 Å². The van der Waals surface area contributed by atoms with Crippen molar-refractivity contribution in [3.8, 4) is 11.5 Å². The molecule has 1 aliphatic heterocycles. The summed E-state index contributed by atoms with van der Waals surface area (Å²) in [6, 6.07) is 14.4. The number of ether oxygens (including phenoxy) is 4. The number of rotatable bonds is 10. The minimum Gasteiger partial charge on any atom is -0.497 e. The predicted molar refractivity (Wildman–Crippen MR) is 127 cm³/mol. The molecule has 0 bridgehead atoms. The van der Waals surface area contributed by atoms with Gasteiger partial charge in [-0.2, -0.15) is 0 Å². The zero-order chi connectivity index (χ0) is 23.8. The van der Waals surface area contributed by atoms with Gasteiger partial charge in [0.15, 0.2) is 11.5 Å². The molecule has 0 unspecified atom stereocenters. The van der Waals surface area contributed by atoms with E-state index in [1.54, 1.807) is 25.3 Å². The van der Waals surface area contributed by atoms with Crippen LogP contribution in [0.5, 0.6) is 11.5 Å². The molecule has 0 aromatic heterocycles.